The summed E-state index contributed by atoms with van der Waals surface area (Å²) in [6.45, 7) is 1.87. The zero-order valence-corrected chi connectivity index (χ0v) is 17.7. The Hall–Kier alpha value is -3.55. The molecule has 0 atom stereocenters. The highest BCUT2D eigenvalue weighted by molar-refractivity contribution is 7.89. The van der Waals surface area contributed by atoms with Crippen molar-refractivity contribution in [1.29, 1.82) is 0 Å². The van der Waals surface area contributed by atoms with Gasteiger partial charge in [0.15, 0.2) is 0 Å². The van der Waals surface area contributed by atoms with E-state index < -0.39 is 15.9 Å². The Balaban J connectivity index is 1.58. The second-order valence-corrected chi connectivity index (χ2v) is 8.86. The molecule has 0 saturated carbocycles. The smallest absolute Gasteiger partial charge is 0.255 e. The lowest BCUT2D eigenvalue weighted by molar-refractivity contribution is 0.102. The lowest BCUT2D eigenvalue weighted by atomic mass is 10.1. The number of aryl methyl sites for hydroxylation is 1. The van der Waals surface area contributed by atoms with E-state index in [0.717, 1.165) is 10.9 Å². The van der Waals surface area contributed by atoms with Crippen LogP contribution in [0.15, 0.2) is 90.0 Å². The molecule has 0 aliphatic carbocycles. The van der Waals surface area contributed by atoms with Gasteiger partial charge < -0.3 is 5.32 Å². The van der Waals surface area contributed by atoms with E-state index in [4.69, 9.17) is 0 Å². The lowest BCUT2D eigenvalue weighted by Gasteiger charge is -2.12. The number of rotatable bonds is 6. The Morgan fingerprint density at radius 1 is 0.935 bits per heavy atom. The summed E-state index contributed by atoms with van der Waals surface area (Å²) in [5, 5.41) is 3.74. The molecule has 1 amide bonds. The molecule has 31 heavy (non-hydrogen) atoms. The summed E-state index contributed by atoms with van der Waals surface area (Å²) in [6.07, 6.45) is 1.66. The third kappa shape index (κ3) is 4.63. The quantitative estimate of drug-likeness (QED) is 0.477. The minimum atomic E-state index is -3.80. The third-order valence-electron chi connectivity index (χ3n) is 4.93. The van der Waals surface area contributed by atoms with Crippen molar-refractivity contribution in [1.82, 2.24) is 9.71 Å². The molecule has 4 aromatic rings. The molecular formula is C24H21N3O3S. The maximum Gasteiger partial charge on any atom is 0.255 e. The van der Waals surface area contributed by atoms with Gasteiger partial charge >= 0.3 is 0 Å². The number of anilines is 1. The SMILES string of the molecule is Cc1ccc(C(=O)Nc2cccc3cccnc23)cc1S(=O)(=O)NCc1ccccc1. The number of hydrogen-bond donors (Lipinski definition) is 2. The largest absolute Gasteiger partial charge is 0.320 e. The Morgan fingerprint density at radius 2 is 1.71 bits per heavy atom. The number of fused-ring (bicyclic) bond motifs is 1. The van der Waals surface area contributed by atoms with Crippen molar-refractivity contribution in [2.45, 2.75) is 18.4 Å². The van der Waals surface area contributed by atoms with Crippen LogP contribution in [0.2, 0.25) is 0 Å². The number of aromatic nitrogens is 1. The van der Waals surface area contributed by atoms with Crippen LogP contribution in [0.1, 0.15) is 21.5 Å². The minimum Gasteiger partial charge on any atom is -0.320 e. The summed E-state index contributed by atoms with van der Waals surface area (Å²) < 4.78 is 28.4. The number of carbonyl (C=O) groups excluding carboxylic acids is 1. The average Bonchev–Trinajstić information content (AvgIpc) is 2.79. The van der Waals surface area contributed by atoms with Gasteiger partial charge in [-0.15, -0.1) is 0 Å². The molecule has 1 aromatic heterocycles. The summed E-state index contributed by atoms with van der Waals surface area (Å²) in [5.74, 6) is -0.405. The Morgan fingerprint density at radius 3 is 2.52 bits per heavy atom. The second-order valence-electron chi connectivity index (χ2n) is 7.13. The highest BCUT2D eigenvalue weighted by atomic mass is 32.2. The van der Waals surface area contributed by atoms with Gasteiger partial charge in [0, 0.05) is 23.7 Å². The van der Waals surface area contributed by atoms with Crippen LogP contribution in [0.5, 0.6) is 0 Å². The van der Waals surface area contributed by atoms with Crippen LogP contribution in [-0.2, 0) is 16.6 Å². The molecule has 156 valence electrons. The highest BCUT2D eigenvalue weighted by Crippen LogP contribution is 2.23. The molecule has 0 spiro atoms. The first kappa shape index (κ1) is 20.7. The number of para-hydroxylation sites is 1. The van der Waals surface area contributed by atoms with Crippen LogP contribution in [0.25, 0.3) is 10.9 Å². The Labute approximate surface area is 181 Å². The van der Waals surface area contributed by atoms with Crippen molar-refractivity contribution < 1.29 is 13.2 Å². The predicted octanol–water partition coefficient (Wildman–Crippen LogP) is 4.27. The van der Waals surface area contributed by atoms with Crippen LogP contribution in [0.3, 0.4) is 0 Å². The number of benzene rings is 3. The Bertz CT molecular complexity index is 1350. The fourth-order valence-electron chi connectivity index (χ4n) is 3.28. The van der Waals surface area contributed by atoms with Crippen LogP contribution < -0.4 is 10.0 Å². The van der Waals surface area contributed by atoms with Gasteiger partial charge in [0.05, 0.1) is 16.1 Å². The third-order valence-corrected chi connectivity index (χ3v) is 6.47. The van der Waals surface area contributed by atoms with E-state index in [1.54, 1.807) is 31.3 Å². The zero-order chi connectivity index (χ0) is 21.8. The van der Waals surface area contributed by atoms with Gasteiger partial charge in [-0.05, 0) is 42.3 Å². The van der Waals surface area contributed by atoms with Gasteiger partial charge in [-0.25, -0.2) is 13.1 Å². The molecule has 6 nitrogen and oxygen atoms in total. The van der Waals surface area contributed by atoms with E-state index in [1.165, 1.54) is 6.07 Å². The van der Waals surface area contributed by atoms with Gasteiger partial charge in [0.25, 0.3) is 5.91 Å². The average molecular weight is 432 g/mol. The van der Waals surface area contributed by atoms with E-state index >= 15 is 0 Å². The summed E-state index contributed by atoms with van der Waals surface area (Å²) in [5.41, 5.74) is 2.89. The predicted molar refractivity (Wildman–Crippen MR) is 121 cm³/mol. The van der Waals surface area contributed by atoms with Gasteiger partial charge in [0.1, 0.15) is 0 Å². The van der Waals surface area contributed by atoms with Crippen molar-refractivity contribution in [3.63, 3.8) is 0 Å². The maximum atomic E-state index is 12.9. The van der Waals surface area contributed by atoms with Crippen molar-refractivity contribution >= 4 is 32.5 Å². The van der Waals surface area contributed by atoms with E-state index in [0.29, 0.717) is 16.8 Å². The number of hydrogen-bond acceptors (Lipinski definition) is 4. The first-order chi connectivity index (χ1) is 14.9. The van der Waals surface area contributed by atoms with Crippen molar-refractivity contribution in [2.24, 2.45) is 0 Å². The summed E-state index contributed by atoms with van der Waals surface area (Å²) >= 11 is 0. The van der Waals surface area contributed by atoms with Crippen LogP contribution in [-0.4, -0.2) is 19.3 Å². The number of pyridine rings is 1. The molecule has 0 saturated heterocycles. The summed E-state index contributed by atoms with van der Waals surface area (Å²) in [4.78, 5) is 17.3. The van der Waals surface area contributed by atoms with Gasteiger partial charge in [-0.2, -0.15) is 0 Å². The maximum absolute atomic E-state index is 12.9. The number of carbonyl (C=O) groups is 1. The Kier molecular flexibility index (Phi) is 5.79. The summed E-state index contributed by atoms with van der Waals surface area (Å²) in [7, 11) is -3.80. The molecular weight excluding hydrogens is 410 g/mol. The molecule has 0 aliphatic heterocycles. The fourth-order valence-corrected chi connectivity index (χ4v) is 4.57. The second kappa shape index (κ2) is 8.67. The minimum absolute atomic E-state index is 0.0760. The van der Waals surface area contributed by atoms with Crippen LogP contribution >= 0.6 is 0 Å². The molecule has 3 aromatic carbocycles. The molecule has 4 rings (SSSR count). The molecule has 1 heterocycles. The molecule has 2 N–H and O–H groups in total. The highest BCUT2D eigenvalue weighted by Gasteiger charge is 2.19. The van der Waals surface area contributed by atoms with Crippen LogP contribution in [0.4, 0.5) is 5.69 Å². The van der Waals surface area contributed by atoms with Crippen molar-refractivity contribution in [2.75, 3.05) is 5.32 Å². The first-order valence-electron chi connectivity index (χ1n) is 9.73. The molecule has 0 unspecified atom stereocenters. The van der Waals surface area contributed by atoms with Gasteiger partial charge in [-0.1, -0.05) is 54.6 Å². The van der Waals surface area contributed by atoms with E-state index in [2.05, 4.69) is 15.0 Å². The monoisotopic (exact) mass is 431 g/mol. The number of sulfonamides is 1. The standard InChI is InChI=1S/C24H21N3O3S/c1-17-12-13-20(15-22(17)31(29,30)26-16-18-7-3-2-4-8-18)24(28)27-21-11-5-9-19-10-6-14-25-23(19)21/h2-15,26H,16H2,1H3,(H,27,28). The first-order valence-corrected chi connectivity index (χ1v) is 11.2. The number of nitrogens with one attached hydrogen (secondary N) is 2. The van der Waals surface area contributed by atoms with Crippen molar-refractivity contribution in [3.8, 4) is 0 Å². The topological polar surface area (TPSA) is 88.2 Å². The molecule has 0 fully saturated rings. The number of amides is 1. The molecule has 7 heteroatoms. The van der Waals surface area contributed by atoms with E-state index in [-0.39, 0.29) is 17.0 Å². The molecule has 0 radical (unpaired) electrons. The van der Waals surface area contributed by atoms with Gasteiger partial charge in [-0.3, -0.25) is 9.78 Å². The number of nitrogens with zero attached hydrogens (tertiary/aromatic N) is 1. The normalized spacial score (nSPS) is 11.4. The van der Waals surface area contributed by atoms with Gasteiger partial charge in [0.2, 0.25) is 10.0 Å². The summed E-state index contributed by atoms with van der Waals surface area (Å²) in [6, 6.07) is 23.1. The van der Waals surface area contributed by atoms with Crippen LogP contribution in [0, 0.1) is 6.92 Å². The fraction of sp³-hybridized carbons (Fsp3) is 0.0833. The lowest BCUT2D eigenvalue weighted by Crippen LogP contribution is -2.24. The molecule has 0 aliphatic rings. The van der Waals surface area contributed by atoms with E-state index in [1.807, 2.05) is 54.6 Å². The zero-order valence-electron chi connectivity index (χ0n) is 16.9. The van der Waals surface area contributed by atoms with Crippen molar-refractivity contribution in [3.05, 3.63) is 102 Å². The molecule has 0 bridgehead atoms. The van der Waals surface area contributed by atoms with E-state index in [9.17, 15) is 13.2 Å².